The van der Waals surface area contributed by atoms with Gasteiger partial charge in [-0.1, -0.05) is 48.0 Å². The van der Waals surface area contributed by atoms with Crippen LogP contribution in [0.2, 0.25) is 5.02 Å². The van der Waals surface area contributed by atoms with E-state index in [9.17, 15) is 9.90 Å². The van der Waals surface area contributed by atoms with Crippen molar-refractivity contribution in [3.05, 3.63) is 82.7 Å². The molecule has 8 heteroatoms. The number of hydrogen-bond donors (Lipinski definition) is 1. The first-order valence-corrected chi connectivity index (χ1v) is 13.4. The van der Waals surface area contributed by atoms with Crippen molar-refractivity contribution in [2.45, 2.75) is 19.4 Å². The fourth-order valence-electron chi connectivity index (χ4n) is 4.44. The summed E-state index contributed by atoms with van der Waals surface area (Å²) in [6, 6.07) is 21.7. The van der Waals surface area contributed by atoms with E-state index in [-0.39, 0.29) is 5.92 Å². The topological polar surface area (TPSA) is 71.9 Å². The lowest BCUT2D eigenvalue weighted by molar-refractivity contribution is -0.142. The zero-order chi connectivity index (χ0) is 25.8. The van der Waals surface area contributed by atoms with Gasteiger partial charge in [0.1, 0.15) is 18.1 Å². The quantitative estimate of drug-likeness (QED) is 0.262. The van der Waals surface area contributed by atoms with Crippen molar-refractivity contribution in [2.75, 3.05) is 25.1 Å². The maximum Gasteiger partial charge on any atom is 0.306 e. The number of methoxy groups -OCH3 is 1. The first-order chi connectivity index (χ1) is 18.0. The molecule has 1 aliphatic rings. The molecule has 6 nitrogen and oxygen atoms in total. The smallest absolute Gasteiger partial charge is 0.306 e. The highest BCUT2D eigenvalue weighted by molar-refractivity contribution is 7.14. The van der Waals surface area contributed by atoms with Gasteiger partial charge >= 0.3 is 5.97 Å². The molecular weight excluding hydrogens is 508 g/mol. The van der Waals surface area contributed by atoms with Crippen LogP contribution in [0.4, 0.5) is 5.13 Å². The number of aliphatic carboxylic acids is 1. The summed E-state index contributed by atoms with van der Waals surface area (Å²) in [6.07, 6.45) is 1.28. The number of carboxylic acid groups (broad SMARTS) is 1. The van der Waals surface area contributed by atoms with E-state index in [1.807, 2.05) is 72.1 Å². The van der Waals surface area contributed by atoms with Crippen LogP contribution in [-0.4, -0.2) is 36.3 Å². The number of rotatable bonds is 8. The third kappa shape index (κ3) is 5.73. The summed E-state index contributed by atoms with van der Waals surface area (Å²) in [5.74, 6) is 0.579. The molecule has 0 aliphatic carbocycles. The molecule has 37 heavy (non-hydrogen) atoms. The number of carboxylic acids is 1. The van der Waals surface area contributed by atoms with Crippen molar-refractivity contribution in [1.82, 2.24) is 4.98 Å². The van der Waals surface area contributed by atoms with E-state index in [0.717, 1.165) is 44.6 Å². The van der Waals surface area contributed by atoms with E-state index in [1.54, 1.807) is 18.4 Å². The summed E-state index contributed by atoms with van der Waals surface area (Å²) in [5, 5.41) is 12.8. The number of ether oxygens (including phenoxy) is 2. The average Bonchev–Trinajstić information content (AvgIpc) is 3.43. The minimum absolute atomic E-state index is 0.262. The molecule has 0 saturated carbocycles. The van der Waals surface area contributed by atoms with Crippen LogP contribution in [0, 0.1) is 5.92 Å². The first-order valence-electron chi connectivity index (χ1n) is 12.1. The molecule has 190 valence electrons. The Morgan fingerprint density at radius 1 is 1.08 bits per heavy atom. The monoisotopic (exact) mass is 534 g/mol. The molecule has 5 rings (SSSR count). The number of piperidine rings is 1. The van der Waals surface area contributed by atoms with Crippen LogP contribution in [0.3, 0.4) is 0 Å². The van der Waals surface area contributed by atoms with E-state index < -0.39 is 5.97 Å². The molecule has 0 bridgehead atoms. The molecule has 1 saturated heterocycles. The van der Waals surface area contributed by atoms with Crippen molar-refractivity contribution in [2.24, 2.45) is 5.92 Å². The van der Waals surface area contributed by atoms with Crippen LogP contribution in [0.25, 0.3) is 22.4 Å². The lowest BCUT2D eigenvalue weighted by atomic mass is 9.97. The van der Waals surface area contributed by atoms with Gasteiger partial charge in [-0.2, -0.15) is 0 Å². The lowest BCUT2D eigenvalue weighted by Gasteiger charge is -2.29. The van der Waals surface area contributed by atoms with Gasteiger partial charge in [0, 0.05) is 34.6 Å². The van der Waals surface area contributed by atoms with Crippen LogP contribution in [0.1, 0.15) is 18.4 Å². The molecule has 3 aromatic carbocycles. The number of benzene rings is 3. The predicted molar refractivity (Wildman–Crippen MR) is 148 cm³/mol. The van der Waals surface area contributed by atoms with E-state index in [1.165, 1.54) is 0 Å². The van der Waals surface area contributed by atoms with Gasteiger partial charge < -0.3 is 19.5 Å². The standard InChI is InChI=1S/C29H27ClN2O4S/c1-35-23-10-8-19(9-11-23)21-6-7-22(25(30)16-21)17-36-27-5-3-2-4-24(27)26-18-37-29(31-26)32-14-12-20(13-15-32)28(33)34/h2-11,16,18,20H,12-15,17H2,1H3,(H,33,34). The largest absolute Gasteiger partial charge is 0.497 e. The summed E-state index contributed by atoms with van der Waals surface area (Å²) >= 11 is 8.19. The summed E-state index contributed by atoms with van der Waals surface area (Å²) < 4.78 is 11.5. The summed E-state index contributed by atoms with van der Waals surface area (Å²) in [6.45, 7) is 1.73. The zero-order valence-corrected chi connectivity index (χ0v) is 22.0. The van der Waals surface area contributed by atoms with Crippen molar-refractivity contribution in [3.63, 3.8) is 0 Å². The van der Waals surface area contributed by atoms with E-state index in [0.29, 0.717) is 37.6 Å². The van der Waals surface area contributed by atoms with Crippen LogP contribution in [0.15, 0.2) is 72.1 Å². The number of anilines is 1. The number of halogens is 1. The normalized spacial score (nSPS) is 13.9. The van der Waals surface area contributed by atoms with Gasteiger partial charge in [0.05, 0.1) is 18.7 Å². The third-order valence-electron chi connectivity index (χ3n) is 6.63. The van der Waals surface area contributed by atoms with Gasteiger partial charge in [0.15, 0.2) is 5.13 Å². The Morgan fingerprint density at radius 2 is 1.81 bits per heavy atom. The Kier molecular flexibility index (Phi) is 7.63. The SMILES string of the molecule is COc1ccc(-c2ccc(COc3ccccc3-c3csc(N4CCC(C(=O)O)CC4)n3)c(Cl)c2)cc1. The van der Waals surface area contributed by atoms with Gasteiger partial charge in [-0.05, 0) is 54.3 Å². The summed E-state index contributed by atoms with van der Waals surface area (Å²) in [7, 11) is 1.65. The van der Waals surface area contributed by atoms with Gasteiger partial charge in [-0.3, -0.25) is 4.79 Å². The van der Waals surface area contributed by atoms with Crippen LogP contribution in [-0.2, 0) is 11.4 Å². The number of thiazole rings is 1. The van der Waals surface area contributed by atoms with E-state index in [2.05, 4.69) is 4.90 Å². The molecule has 2 heterocycles. The van der Waals surface area contributed by atoms with Crippen LogP contribution in [0.5, 0.6) is 11.5 Å². The van der Waals surface area contributed by atoms with Crippen LogP contribution >= 0.6 is 22.9 Å². The Bertz CT molecular complexity index is 1380. The highest BCUT2D eigenvalue weighted by Gasteiger charge is 2.26. The molecule has 0 radical (unpaired) electrons. The maximum atomic E-state index is 11.3. The van der Waals surface area contributed by atoms with E-state index >= 15 is 0 Å². The second-order valence-electron chi connectivity index (χ2n) is 8.93. The summed E-state index contributed by atoms with van der Waals surface area (Å²) in [5.41, 5.74) is 4.74. The van der Waals surface area contributed by atoms with Crippen molar-refractivity contribution in [3.8, 4) is 33.9 Å². The number of aromatic nitrogens is 1. The summed E-state index contributed by atoms with van der Waals surface area (Å²) in [4.78, 5) is 18.3. The second-order valence-corrected chi connectivity index (χ2v) is 10.2. The molecule has 1 fully saturated rings. The van der Waals surface area contributed by atoms with Crippen molar-refractivity contribution < 1.29 is 19.4 Å². The molecule has 4 aromatic rings. The zero-order valence-electron chi connectivity index (χ0n) is 20.4. The fourth-order valence-corrected chi connectivity index (χ4v) is 5.55. The predicted octanol–water partition coefficient (Wildman–Crippen LogP) is 7.02. The molecule has 0 atom stereocenters. The van der Waals surface area contributed by atoms with Crippen LogP contribution < -0.4 is 14.4 Å². The molecule has 0 amide bonds. The van der Waals surface area contributed by atoms with Crippen molar-refractivity contribution in [1.29, 1.82) is 0 Å². The Hall–Kier alpha value is -3.55. The average molecular weight is 535 g/mol. The molecular formula is C29H27ClN2O4S. The minimum Gasteiger partial charge on any atom is -0.497 e. The fraction of sp³-hybridized carbons (Fsp3) is 0.241. The van der Waals surface area contributed by atoms with Crippen molar-refractivity contribution >= 4 is 34.0 Å². The molecule has 0 spiro atoms. The third-order valence-corrected chi connectivity index (χ3v) is 7.88. The highest BCUT2D eigenvalue weighted by atomic mass is 35.5. The Labute approximate surface area is 225 Å². The Balaban J connectivity index is 1.27. The number of hydrogen-bond acceptors (Lipinski definition) is 6. The first kappa shape index (κ1) is 25.1. The van der Waals surface area contributed by atoms with E-state index in [4.69, 9.17) is 26.1 Å². The lowest BCUT2D eigenvalue weighted by Crippen LogP contribution is -2.36. The molecule has 1 N–H and O–H groups in total. The Morgan fingerprint density at radius 3 is 2.51 bits per heavy atom. The number of nitrogens with zero attached hydrogens (tertiary/aromatic N) is 2. The highest BCUT2D eigenvalue weighted by Crippen LogP contribution is 2.35. The maximum absolute atomic E-state index is 11.3. The molecule has 0 unspecified atom stereocenters. The molecule has 1 aromatic heterocycles. The second kappa shape index (κ2) is 11.2. The molecule has 1 aliphatic heterocycles. The van der Waals surface area contributed by atoms with Gasteiger partial charge in [0.2, 0.25) is 0 Å². The minimum atomic E-state index is -0.707. The van der Waals surface area contributed by atoms with Gasteiger partial charge in [-0.25, -0.2) is 4.98 Å². The number of para-hydroxylation sites is 1. The van der Waals surface area contributed by atoms with Gasteiger partial charge in [-0.15, -0.1) is 11.3 Å². The van der Waals surface area contributed by atoms with Gasteiger partial charge in [0.25, 0.3) is 0 Å². The number of carbonyl (C=O) groups is 1.